The maximum atomic E-state index is 10.4. The van der Waals surface area contributed by atoms with Crippen molar-refractivity contribution < 1.29 is 10.3 Å². The molecule has 0 saturated heterocycles. The van der Waals surface area contributed by atoms with E-state index in [9.17, 15) is 4.79 Å². The molecule has 1 aromatic heterocycles. The zero-order valence-corrected chi connectivity index (χ0v) is 5.80. The molecule has 0 aromatic carbocycles. The second kappa shape index (κ2) is 3.98. The summed E-state index contributed by atoms with van der Waals surface area (Å²) in [5, 5.41) is -0.469. The van der Waals surface area contributed by atoms with Crippen molar-refractivity contribution in [2.75, 3.05) is 0 Å². The summed E-state index contributed by atoms with van der Waals surface area (Å²) in [6.45, 7) is 0. The Hall–Kier alpha value is -0.930. The molecule has 0 unspecified atom stereocenters. The summed E-state index contributed by atoms with van der Waals surface area (Å²) in [6, 6.07) is 3.28. The lowest BCUT2D eigenvalue weighted by Crippen LogP contribution is -1.87. The molecule has 0 fully saturated rings. The maximum Gasteiger partial charge on any atom is 0.253 e. The summed E-state index contributed by atoms with van der Waals surface area (Å²) in [7, 11) is 0. The molecule has 0 aliphatic rings. The minimum absolute atomic E-state index is 0. The van der Waals surface area contributed by atoms with Gasteiger partial charge in [0.2, 0.25) is 0 Å². The first-order chi connectivity index (χ1) is 4.30. The molecule has 0 aliphatic heterocycles. The highest BCUT2D eigenvalue weighted by Gasteiger charge is 1.96. The molecular weight excluding hydrogens is 154 g/mol. The smallest absolute Gasteiger partial charge is 0.253 e. The predicted octanol–water partition coefficient (Wildman–Crippen LogP) is 0.636. The van der Waals surface area contributed by atoms with Crippen LogP contribution in [0.5, 0.6) is 0 Å². The standard InChI is InChI=1S/C6H4ClNO.H2O/c7-6(9)5-2-1-3-8-4-5;/h1-4H;1H2. The number of aromatic nitrogens is 1. The fourth-order valence-corrected chi connectivity index (χ4v) is 0.591. The summed E-state index contributed by atoms with van der Waals surface area (Å²) >= 11 is 5.12. The van der Waals surface area contributed by atoms with Gasteiger partial charge in [0.05, 0.1) is 5.56 Å². The Morgan fingerprint density at radius 1 is 1.60 bits per heavy atom. The first kappa shape index (κ1) is 9.07. The van der Waals surface area contributed by atoms with Crippen LogP contribution in [0.25, 0.3) is 0 Å². The number of carbonyl (C=O) groups excluding carboxylic acids is 1. The molecule has 54 valence electrons. The molecule has 0 aliphatic carbocycles. The van der Waals surface area contributed by atoms with E-state index in [0.29, 0.717) is 5.56 Å². The van der Waals surface area contributed by atoms with E-state index in [1.165, 1.54) is 6.20 Å². The normalized spacial score (nSPS) is 8.10. The average Bonchev–Trinajstić information content (AvgIpc) is 1.90. The van der Waals surface area contributed by atoms with Crippen molar-refractivity contribution in [1.82, 2.24) is 4.98 Å². The summed E-state index contributed by atoms with van der Waals surface area (Å²) < 4.78 is 0. The average molecular weight is 160 g/mol. The number of carbonyl (C=O) groups is 1. The van der Waals surface area contributed by atoms with Crippen molar-refractivity contribution in [3.63, 3.8) is 0 Å². The van der Waals surface area contributed by atoms with Gasteiger partial charge in [0.15, 0.2) is 0 Å². The van der Waals surface area contributed by atoms with Crippen LogP contribution < -0.4 is 0 Å². The molecule has 10 heavy (non-hydrogen) atoms. The molecular formula is C6H6ClNO2. The van der Waals surface area contributed by atoms with Crippen molar-refractivity contribution in [3.8, 4) is 0 Å². The summed E-state index contributed by atoms with van der Waals surface area (Å²) in [6.07, 6.45) is 3.01. The van der Waals surface area contributed by atoms with Gasteiger partial charge in [-0.05, 0) is 23.7 Å². The van der Waals surface area contributed by atoms with Gasteiger partial charge in [0.1, 0.15) is 0 Å². The molecule has 0 bridgehead atoms. The van der Waals surface area contributed by atoms with Crippen molar-refractivity contribution >= 4 is 16.8 Å². The van der Waals surface area contributed by atoms with Crippen molar-refractivity contribution in [3.05, 3.63) is 30.1 Å². The van der Waals surface area contributed by atoms with E-state index in [4.69, 9.17) is 11.6 Å². The Morgan fingerprint density at radius 2 is 2.30 bits per heavy atom. The van der Waals surface area contributed by atoms with Gasteiger partial charge in [-0.25, -0.2) is 0 Å². The van der Waals surface area contributed by atoms with E-state index in [-0.39, 0.29) is 5.48 Å². The molecule has 0 amide bonds. The summed E-state index contributed by atoms with van der Waals surface area (Å²) in [5.41, 5.74) is 0.430. The number of nitrogens with zero attached hydrogens (tertiary/aromatic N) is 1. The number of pyridine rings is 1. The fourth-order valence-electron chi connectivity index (χ4n) is 0.479. The van der Waals surface area contributed by atoms with Crippen LogP contribution in [-0.4, -0.2) is 15.7 Å². The third-order valence-corrected chi connectivity index (χ3v) is 1.11. The minimum atomic E-state index is -0.469. The number of rotatable bonds is 1. The second-order valence-corrected chi connectivity index (χ2v) is 1.86. The lowest BCUT2D eigenvalue weighted by atomic mass is 10.3. The van der Waals surface area contributed by atoms with Crippen LogP contribution in [0.3, 0.4) is 0 Å². The van der Waals surface area contributed by atoms with Gasteiger partial charge >= 0.3 is 0 Å². The molecule has 0 spiro atoms. The van der Waals surface area contributed by atoms with Gasteiger partial charge in [0, 0.05) is 12.4 Å². The van der Waals surface area contributed by atoms with Gasteiger partial charge in [-0.2, -0.15) is 0 Å². The van der Waals surface area contributed by atoms with Gasteiger partial charge in [-0.1, -0.05) is 0 Å². The lowest BCUT2D eigenvalue weighted by Gasteiger charge is -1.86. The Balaban J connectivity index is 0.000000810. The second-order valence-electron chi connectivity index (χ2n) is 1.52. The van der Waals surface area contributed by atoms with Crippen LogP contribution in [0.2, 0.25) is 0 Å². The SMILES string of the molecule is O.O=C(Cl)c1cccnc1. The van der Waals surface area contributed by atoms with Gasteiger partial charge in [-0.15, -0.1) is 0 Å². The molecule has 0 atom stereocenters. The molecule has 1 aromatic rings. The van der Waals surface area contributed by atoms with E-state index < -0.39 is 5.24 Å². The zero-order valence-electron chi connectivity index (χ0n) is 5.04. The number of hydrogen-bond donors (Lipinski definition) is 0. The highest BCUT2D eigenvalue weighted by Crippen LogP contribution is 1.98. The van der Waals surface area contributed by atoms with E-state index in [1.807, 2.05) is 0 Å². The van der Waals surface area contributed by atoms with Crippen LogP contribution in [0.1, 0.15) is 10.4 Å². The summed E-state index contributed by atoms with van der Waals surface area (Å²) in [4.78, 5) is 14.1. The lowest BCUT2D eigenvalue weighted by molar-refractivity contribution is 0.108. The third kappa shape index (κ3) is 2.13. The fraction of sp³-hybridized carbons (Fsp3) is 0. The Labute approximate surface area is 63.0 Å². The molecule has 1 heterocycles. The quantitative estimate of drug-likeness (QED) is 0.565. The van der Waals surface area contributed by atoms with Crippen LogP contribution in [0, 0.1) is 0 Å². The topological polar surface area (TPSA) is 61.5 Å². The largest absolute Gasteiger partial charge is 0.412 e. The highest BCUT2D eigenvalue weighted by atomic mass is 35.5. The van der Waals surface area contributed by atoms with Crippen LogP contribution in [0.15, 0.2) is 24.5 Å². The van der Waals surface area contributed by atoms with E-state index >= 15 is 0 Å². The van der Waals surface area contributed by atoms with Gasteiger partial charge < -0.3 is 5.48 Å². The first-order valence-corrected chi connectivity index (χ1v) is 2.78. The number of hydrogen-bond acceptors (Lipinski definition) is 2. The molecule has 4 heteroatoms. The predicted molar refractivity (Wildman–Crippen MR) is 38.0 cm³/mol. The van der Waals surface area contributed by atoms with Crippen LogP contribution >= 0.6 is 11.6 Å². The summed E-state index contributed by atoms with van der Waals surface area (Å²) in [5.74, 6) is 0. The Bertz CT molecular complexity index is 212. The minimum Gasteiger partial charge on any atom is -0.412 e. The van der Waals surface area contributed by atoms with E-state index in [1.54, 1.807) is 18.3 Å². The highest BCUT2D eigenvalue weighted by molar-refractivity contribution is 6.67. The maximum absolute atomic E-state index is 10.4. The van der Waals surface area contributed by atoms with Gasteiger partial charge in [0.25, 0.3) is 5.24 Å². The molecule has 1 rings (SSSR count). The van der Waals surface area contributed by atoms with Crippen LogP contribution in [-0.2, 0) is 0 Å². The zero-order chi connectivity index (χ0) is 6.69. The van der Waals surface area contributed by atoms with E-state index in [2.05, 4.69) is 4.98 Å². The molecule has 2 N–H and O–H groups in total. The molecule has 0 saturated carbocycles. The molecule has 0 radical (unpaired) electrons. The van der Waals surface area contributed by atoms with Crippen molar-refractivity contribution in [2.24, 2.45) is 0 Å². The number of halogens is 1. The van der Waals surface area contributed by atoms with Crippen molar-refractivity contribution in [1.29, 1.82) is 0 Å². The van der Waals surface area contributed by atoms with Crippen LogP contribution in [0.4, 0.5) is 0 Å². The Morgan fingerprint density at radius 3 is 2.60 bits per heavy atom. The third-order valence-electron chi connectivity index (χ3n) is 0.888. The first-order valence-electron chi connectivity index (χ1n) is 2.40. The molecule has 3 nitrogen and oxygen atoms in total. The monoisotopic (exact) mass is 159 g/mol. The van der Waals surface area contributed by atoms with Crippen molar-refractivity contribution in [2.45, 2.75) is 0 Å². The Kier molecular flexibility index (Phi) is 3.61. The van der Waals surface area contributed by atoms with E-state index in [0.717, 1.165) is 0 Å². The van der Waals surface area contributed by atoms with Gasteiger partial charge in [-0.3, -0.25) is 9.78 Å².